The Kier molecular flexibility index (Phi) is 2.91. The molecule has 0 unspecified atom stereocenters. The molecule has 1 aromatic rings. The van der Waals surface area contributed by atoms with Crippen LogP contribution in [0.4, 0.5) is 0 Å². The Hall–Kier alpha value is -1.43. The third-order valence-corrected chi connectivity index (χ3v) is 2.56. The molecular weight excluding hydrogens is 272 g/mol. The van der Waals surface area contributed by atoms with Gasteiger partial charge in [-0.1, -0.05) is 0 Å². The van der Waals surface area contributed by atoms with Crippen molar-refractivity contribution in [3.63, 3.8) is 0 Å². The molecule has 0 radical (unpaired) electrons. The van der Waals surface area contributed by atoms with E-state index in [0.29, 0.717) is 11.3 Å². The first-order chi connectivity index (χ1) is 7.36. The van der Waals surface area contributed by atoms with Gasteiger partial charge in [0.25, 0.3) is 5.91 Å². The van der Waals surface area contributed by atoms with E-state index in [4.69, 9.17) is 0 Å². The number of hydrogen-bond acceptors (Lipinski definition) is 4. The van der Waals surface area contributed by atoms with E-state index in [1.807, 2.05) is 0 Å². The fourth-order valence-electron chi connectivity index (χ4n) is 1.87. The average molecular weight is 283 g/mol. The van der Waals surface area contributed by atoms with Crippen molar-refractivity contribution in [2.24, 2.45) is 4.99 Å². The van der Waals surface area contributed by atoms with Gasteiger partial charge in [-0.15, -0.1) is 17.0 Å². The molecule has 0 fully saturated rings. The molecule has 0 aliphatic carbocycles. The summed E-state index contributed by atoms with van der Waals surface area (Å²) in [6.07, 6.45) is 2.65. The largest absolute Gasteiger partial charge is 0.272 e. The number of aromatic nitrogens is 1. The Morgan fingerprint density at radius 1 is 1.44 bits per heavy atom. The number of pyridine rings is 1. The van der Waals surface area contributed by atoms with Crippen LogP contribution in [-0.2, 0) is 0 Å². The third-order valence-electron chi connectivity index (χ3n) is 2.56. The Labute approximate surface area is 103 Å². The normalized spacial score (nSPS) is 17.6. The molecule has 0 spiro atoms. The summed E-state index contributed by atoms with van der Waals surface area (Å²) in [5.41, 5.74) is 4.10. The number of aliphatic imine (C=N–C) groups is 1. The zero-order chi connectivity index (χ0) is 10.3. The van der Waals surface area contributed by atoms with Crippen LogP contribution in [-0.4, -0.2) is 34.8 Å². The molecule has 1 amide bonds. The lowest BCUT2D eigenvalue weighted by atomic mass is 10.1. The number of hydrazine groups is 1. The van der Waals surface area contributed by atoms with Crippen LogP contribution in [0, 0.1) is 0 Å². The van der Waals surface area contributed by atoms with Gasteiger partial charge < -0.3 is 0 Å². The lowest BCUT2D eigenvalue weighted by molar-refractivity contribution is 0.0853. The van der Waals surface area contributed by atoms with Gasteiger partial charge in [0, 0.05) is 19.3 Å². The molecule has 1 N–H and O–H groups in total. The van der Waals surface area contributed by atoms with E-state index in [1.54, 1.807) is 23.3 Å². The van der Waals surface area contributed by atoms with Gasteiger partial charge in [-0.3, -0.25) is 25.2 Å². The lowest BCUT2D eigenvalue weighted by Crippen LogP contribution is -2.53. The molecule has 3 heterocycles. The Morgan fingerprint density at radius 3 is 3.19 bits per heavy atom. The number of amides is 1. The molecule has 0 saturated heterocycles. The van der Waals surface area contributed by atoms with Gasteiger partial charge in [-0.05, 0) is 18.6 Å². The molecule has 0 saturated carbocycles. The van der Waals surface area contributed by atoms with E-state index in [9.17, 15) is 4.79 Å². The highest BCUT2D eigenvalue weighted by atomic mass is 79.9. The second-order valence-electron chi connectivity index (χ2n) is 3.55. The van der Waals surface area contributed by atoms with Crippen LogP contribution in [0.2, 0.25) is 0 Å². The average Bonchev–Trinajstić information content (AvgIpc) is 2.30. The van der Waals surface area contributed by atoms with E-state index < -0.39 is 0 Å². The zero-order valence-corrected chi connectivity index (χ0v) is 10.2. The minimum Gasteiger partial charge on any atom is -0.267 e. The first-order valence-electron chi connectivity index (χ1n) is 4.94. The van der Waals surface area contributed by atoms with E-state index in [0.717, 1.165) is 25.3 Å². The van der Waals surface area contributed by atoms with Crippen LogP contribution >= 0.6 is 17.0 Å². The molecule has 16 heavy (non-hydrogen) atoms. The van der Waals surface area contributed by atoms with Gasteiger partial charge in [0.15, 0.2) is 5.84 Å². The minimum atomic E-state index is -0.0982. The van der Waals surface area contributed by atoms with Crippen LogP contribution in [0.5, 0.6) is 0 Å². The Bertz CT molecular complexity index is 460. The molecule has 84 valence electrons. The fraction of sp³-hybridized carbons (Fsp3) is 0.300. The number of nitrogens with zero attached hydrogens (tertiary/aromatic N) is 3. The third kappa shape index (κ3) is 1.59. The monoisotopic (exact) mass is 282 g/mol. The summed E-state index contributed by atoms with van der Waals surface area (Å²) in [5, 5.41) is 1.78. The van der Waals surface area contributed by atoms with Gasteiger partial charge >= 0.3 is 0 Å². The summed E-state index contributed by atoms with van der Waals surface area (Å²) in [6.45, 7) is 1.61. The molecule has 0 aromatic carbocycles. The Balaban J connectivity index is 0.000000963. The Morgan fingerprint density at radius 2 is 2.31 bits per heavy atom. The van der Waals surface area contributed by atoms with Crippen LogP contribution in [0.25, 0.3) is 0 Å². The number of rotatable bonds is 0. The molecule has 0 atom stereocenters. The predicted octanol–water partition coefficient (Wildman–Crippen LogP) is 0.770. The van der Waals surface area contributed by atoms with E-state index in [1.165, 1.54) is 0 Å². The van der Waals surface area contributed by atoms with Crippen molar-refractivity contribution in [3.05, 3.63) is 29.6 Å². The maximum Gasteiger partial charge on any atom is 0.272 e. The number of halogens is 1. The predicted molar refractivity (Wildman–Crippen MR) is 64.8 cm³/mol. The van der Waals surface area contributed by atoms with Gasteiger partial charge in [-0.2, -0.15) is 0 Å². The van der Waals surface area contributed by atoms with Crippen LogP contribution < -0.4 is 5.43 Å². The van der Waals surface area contributed by atoms with Crippen LogP contribution in [0.15, 0.2) is 23.3 Å². The molecule has 0 bridgehead atoms. The van der Waals surface area contributed by atoms with Crippen LogP contribution in [0.3, 0.4) is 0 Å². The second-order valence-corrected chi connectivity index (χ2v) is 3.55. The molecular formula is C10H11BrN4O. The number of carbonyl (C=O) groups is 1. The molecule has 2 aliphatic rings. The minimum absolute atomic E-state index is 0. The van der Waals surface area contributed by atoms with Crippen molar-refractivity contribution in [2.45, 2.75) is 6.42 Å². The lowest BCUT2D eigenvalue weighted by Gasteiger charge is -2.33. The van der Waals surface area contributed by atoms with Gasteiger partial charge in [0.1, 0.15) is 5.69 Å². The molecule has 6 heteroatoms. The van der Waals surface area contributed by atoms with Gasteiger partial charge in [0.05, 0.1) is 5.56 Å². The molecule has 3 rings (SSSR count). The van der Waals surface area contributed by atoms with E-state index >= 15 is 0 Å². The summed E-state index contributed by atoms with van der Waals surface area (Å²) in [7, 11) is 0. The van der Waals surface area contributed by atoms with Crippen molar-refractivity contribution in [2.75, 3.05) is 13.1 Å². The van der Waals surface area contributed by atoms with Crippen molar-refractivity contribution < 1.29 is 4.79 Å². The summed E-state index contributed by atoms with van der Waals surface area (Å²) in [5.74, 6) is 0.690. The summed E-state index contributed by atoms with van der Waals surface area (Å²) in [4.78, 5) is 20.3. The van der Waals surface area contributed by atoms with E-state index in [-0.39, 0.29) is 22.9 Å². The van der Waals surface area contributed by atoms with E-state index in [2.05, 4.69) is 15.4 Å². The summed E-state index contributed by atoms with van der Waals surface area (Å²) >= 11 is 0. The number of carbonyl (C=O) groups excluding carboxylic acids is 1. The van der Waals surface area contributed by atoms with Crippen molar-refractivity contribution in [1.29, 1.82) is 0 Å². The standard InChI is InChI=1S/C10H10N4O.BrH/c15-10-7-3-1-4-11-8(7)9-12-5-2-6-14(9)13-10;/h1,3-4H,2,5-6H2,(H,13,15);1H. The quantitative estimate of drug-likeness (QED) is 0.765. The van der Waals surface area contributed by atoms with Crippen molar-refractivity contribution in [3.8, 4) is 0 Å². The highest BCUT2D eigenvalue weighted by Crippen LogP contribution is 2.16. The van der Waals surface area contributed by atoms with Gasteiger partial charge in [0.2, 0.25) is 0 Å². The van der Waals surface area contributed by atoms with Crippen LogP contribution in [0.1, 0.15) is 22.5 Å². The summed E-state index contributed by atoms with van der Waals surface area (Å²) < 4.78 is 0. The maximum atomic E-state index is 11.7. The van der Waals surface area contributed by atoms with Gasteiger partial charge in [-0.25, -0.2) is 0 Å². The number of hydrogen-bond donors (Lipinski definition) is 1. The maximum absolute atomic E-state index is 11.7. The number of nitrogens with one attached hydrogen (secondary N) is 1. The van der Waals surface area contributed by atoms with Crippen molar-refractivity contribution in [1.82, 2.24) is 15.4 Å². The first-order valence-corrected chi connectivity index (χ1v) is 4.94. The number of fused-ring (bicyclic) bond motifs is 3. The first kappa shape index (κ1) is 11.1. The smallest absolute Gasteiger partial charge is 0.267 e. The molecule has 2 aliphatic heterocycles. The molecule has 5 nitrogen and oxygen atoms in total. The topological polar surface area (TPSA) is 57.6 Å². The molecule has 1 aromatic heterocycles. The van der Waals surface area contributed by atoms with Crippen molar-refractivity contribution >= 4 is 28.7 Å². The second kappa shape index (κ2) is 4.21. The highest BCUT2D eigenvalue weighted by Gasteiger charge is 2.29. The highest BCUT2D eigenvalue weighted by molar-refractivity contribution is 8.93. The zero-order valence-electron chi connectivity index (χ0n) is 8.51. The SMILES string of the molecule is Br.O=C1NN2CCCN=C2c2ncccc21. The fourth-order valence-corrected chi connectivity index (χ4v) is 1.87. The number of amidine groups is 1. The summed E-state index contributed by atoms with van der Waals surface area (Å²) in [6, 6.07) is 3.53.